The third-order valence-electron chi connectivity index (χ3n) is 5.02. The molecule has 2 unspecified atom stereocenters. The molecule has 140 valence electrons. The number of amides is 1. The zero-order valence-electron chi connectivity index (χ0n) is 14.9. The number of ether oxygens (including phenoxy) is 2. The van der Waals surface area contributed by atoms with Crippen LogP contribution in [-0.4, -0.2) is 43.6 Å². The van der Waals surface area contributed by atoms with Gasteiger partial charge in [-0.05, 0) is 37.5 Å². The minimum atomic E-state index is -1.09. The fraction of sp³-hybridized carbons (Fsp3) is 0.474. The van der Waals surface area contributed by atoms with Crippen molar-refractivity contribution >= 4 is 11.9 Å². The van der Waals surface area contributed by atoms with Gasteiger partial charge in [0.2, 0.25) is 5.91 Å². The normalized spacial score (nSPS) is 25.5. The first kappa shape index (κ1) is 18.4. The number of nitrogens with zero attached hydrogens (tertiary/aromatic N) is 1. The number of nitrogens with one attached hydrogen (secondary N) is 2. The van der Waals surface area contributed by atoms with Crippen molar-refractivity contribution in [2.45, 2.75) is 24.8 Å². The van der Waals surface area contributed by atoms with Gasteiger partial charge < -0.3 is 14.8 Å². The molecule has 0 bridgehead atoms. The van der Waals surface area contributed by atoms with Crippen LogP contribution in [0.5, 0.6) is 5.75 Å². The van der Waals surface area contributed by atoms with Gasteiger partial charge in [-0.15, -0.1) is 6.58 Å². The lowest BCUT2D eigenvalue weighted by atomic mass is 9.73. The van der Waals surface area contributed by atoms with Crippen molar-refractivity contribution in [1.82, 2.24) is 10.2 Å². The van der Waals surface area contributed by atoms with Crippen LogP contribution >= 0.6 is 0 Å². The van der Waals surface area contributed by atoms with Crippen LogP contribution < -0.4 is 10.1 Å². The van der Waals surface area contributed by atoms with Crippen molar-refractivity contribution < 1.29 is 18.7 Å². The Hall–Kier alpha value is -2.41. The number of allylic oxidation sites excluding steroid dienone is 1. The Morgan fingerprint density at radius 3 is 3.15 bits per heavy atom. The molecular weight excluding hydrogens is 337 g/mol. The highest BCUT2D eigenvalue weighted by Gasteiger charge is 2.53. The molecule has 2 fully saturated rings. The van der Waals surface area contributed by atoms with Gasteiger partial charge in [-0.25, -0.2) is 4.39 Å². The quantitative estimate of drug-likeness (QED) is 0.603. The Morgan fingerprint density at radius 1 is 1.58 bits per heavy atom. The molecule has 3 rings (SSSR count). The maximum Gasteiger partial charge on any atom is 0.235 e. The van der Waals surface area contributed by atoms with Crippen LogP contribution in [-0.2, 0) is 15.1 Å². The molecule has 1 aromatic rings. The monoisotopic (exact) mass is 361 g/mol. The molecule has 2 aliphatic rings. The van der Waals surface area contributed by atoms with E-state index in [2.05, 4.69) is 11.9 Å². The molecule has 1 aromatic carbocycles. The van der Waals surface area contributed by atoms with E-state index >= 15 is 0 Å². The van der Waals surface area contributed by atoms with Gasteiger partial charge in [-0.2, -0.15) is 0 Å². The average Bonchev–Trinajstić information content (AvgIpc) is 2.64. The van der Waals surface area contributed by atoms with E-state index in [4.69, 9.17) is 14.9 Å². The fourth-order valence-corrected chi connectivity index (χ4v) is 3.56. The van der Waals surface area contributed by atoms with Gasteiger partial charge in [0.05, 0.1) is 19.1 Å². The van der Waals surface area contributed by atoms with Gasteiger partial charge in [0, 0.05) is 19.2 Å². The van der Waals surface area contributed by atoms with Gasteiger partial charge in [0.15, 0.2) is 5.96 Å². The van der Waals surface area contributed by atoms with Crippen LogP contribution in [0.25, 0.3) is 0 Å². The molecule has 2 atom stereocenters. The lowest BCUT2D eigenvalue weighted by Gasteiger charge is -2.49. The number of carbonyl (C=O) groups excluding carboxylic acids is 1. The van der Waals surface area contributed by atoms with Crippen LogP contribution in [0.4, 0.5) is 4.39 Å². The van der Waals surface area contributed by atoms with Gasteiger partial charge in [-0.3, -0.25) is 15.1 Å². The highest BCUT2D eigenvalue weighted by molar-refractivity contribution is 6.00. The number of fused-ring (bicyclic) bond motifs is 1. The predicted molar refractivity (Wildman–Crippen MR) is 95.6 cm³/mol. The lowest BCUT2D eigenvalue weighted by molar-refractivity contribution is -0.143. The minimum Gasteiger partial charge on any atom is -0.494 e. The summed E-state index contributed by atoms with van der Waals surface area (Å²) in [5, 5.41) is 11.1. The van der Waals surface area contributed by atoms with E-state index in [0.717, 1.165) is 12.8 Å². The molecule has 26 heavy (non-hydrogen) atoms. The zero-order valence-corrected chi connectivity index (χ0v) is 14.9. The summed E-state index contributed by atoms with van der Waals surface area (Å²) in [7, 11) is 1.55. The smallest absolute Gasteiger partial charge is 0.235 e. The van der Waals surface area contributed by atoms with Crippen LogP contribution in [0.15, 0.2) is 30.9 Å². The summed E-state index contributed by atoms with van der Waals surface area (Å²) < 4.78 is 26.1. The van der Waals surface area contributed by atoms with Crippen molar-refractivity contribution in [2.24, 2.45) is 5.92 Å². The number of guanidine groups is 1. The molecule has 6 nitrogen and oxygen atoms in total. The fourth-order valence-electron chi connectivity index (χ4n) is 3.56. The lowest BCUT2D eigenvalue weighted by Crippen LogP contribution is -2.68. The third-order valence-corrected chi connectivity index (χ3v) is 5.02. The Morgan fingerprint density at radius 2 is 2.38 bits per heavy atom. The SMILES string of the molecule is C=CCCCOc1ccc(F)c(C23COCCC2C(=O)N(C)C(=N)N3)c1. The van der Waals surface area contributed by atoms with Crippen LogP contribution in [0.3, 0.4) is 0 Å². The Labute approximate surface area is 152 Å². The number of rotatable bonds is 6. The summed E-state index contributed by atoms with van der Waals surface area (Å²) in [5.41, 5.74) is -0.793. The van der Waals surface area contributed by atoms with E-state index in [1.807, 2.05) is 6.08 Å². The average molecular weight is 361 g/mol. The van der Waals surface area contributed by atoms with E-state index in [1.165, 1.54) is 11.0 Å². The van der Waals surface area contributed by atoms with Crippen molar-refractivity contribution in [2.75, 3.05) is 26.9 Å². The summed E-state index contributed by atoms with van der Waals surface area (Å²) in [4.78, 5) is 14.0. The minimum absolute atomic E-state index is 0.0616. The number of benzene rings is 1. The Bertz CT molecular complexity index is 724. The molecule has 0 aromatic heterocycles. The van der Waals surface area contributed by atoms with Crippen LogP contribution in [0.2, 0.25) is 0 Å². The van der Waals surface area contributed by atoms with Crippen LogP contribution in [0, 0.1) is 17.1 Å². The van der Waals surface area contributed by atoms with E-state index in [1.54, 1.807) is 19.2 Å². The molecule has 0 aliphatic carbocycles. The second-order valence-corrected chi connectivity index (χ2v) is 6.66. The highest BCUT2D eigenvalue weighted by Crippen LogP contribution is 2.41. The predicted octanol–water partition coefficient (Wildman–Crippen LogP) is 2.40. The largest absolute Gasteiger partial charge is 0.494 e. The maximum atomic E-state index is 14.8. The molecule has 2 saturated heterocycles. The Balaban J connectivity index is 1.95. The third kappa shape index (κ3) is 3.19. The summed E-state index contributed by atoms with van der Waals surface area (Å²) >= 11 is 0. The van der Waals surface area contributed by atoms with Crippen molar-refractivity contribution in [1.29, 1.82) is 5.41 Å². The Kier molecular flexibility index (Phi) is 5.27. The van der Waals surface area contributed by atoms with Gasteiger partial charge >= 0.3 is 0 Å². The number of hydrogen-bond acceptors (Lipinski definition) is 4. The van der Waals surface area contributed by atoms with E-state index in [0.29, 0.717) is 30.9 Å². The van der Waals surface area contributed by atoms with E-state index in [9.17, 15) is 9.18 Å². The second-order valence-electron chi connectivity index (χ2n) is 6.66. The maximum absolute atomic E-state index is 14.8. The van der Waals surface area contributed by atoms with Crippen molar-refractivity contribution in [3.8, 4) is 5.75 Å². The van der Waals surface area contributed by atoms with E-state index in [-0.39, 0.29) is 18.5 Å². The van der Waals surface area contributed by atoms with Crippen molar-refractivity contribution in [3.05, 3.63) is 42.2 Å². The molecule has 0 spiro atoms. The zero-order chi connectivity index (χ0) is 18.7. The van der Waals surface area contributed by atoms with Gasteiger partial charge in [0.25, 0.3) is 0 Å². The number of hydrogen-bond donors (Lipinski definition) is 2. The van der Waals surface area contributed by atoms with Gasteiger partial charge in [0.1, 0.15) is 17.1 Å². The number of carbonyl (C=O) groups is 1. The van der Waals surface area contributed by atoms with Gasteiger partial charge in [-0.1, -0.05) is 6.08 Å². The summed E-state index contributed by atoms with van der Waals surface area (Å²) in [6, 6.07) is 4.53. The molecule has 0 saturated carbocycles. The molecule has 7 heteroatoms. The number of unbranched alkanes of at least 4 members (excludes halogenated alkanes) is 1. The molecule has 2 N–H and O–H groups in total. The molecule has 2 heterocycles. The topological polar surface area (TPSA) is 74.7 Å². The summed E-state index contributed by atoms with van der Waals surface area (Å²) in [5.74, 6) is -0.677. The summed E-state index contributed by atoms with van der Waals surface area (Å²) in [6.07, 6.45) is 3.95. The van der Waals surface area contributed by atoms with Crippen LogP contribution in [0.1, 0.15) is 24.8 Å². The molecule has 1 amide bonds. The first-order valence-electron chi connectivity index (χ1n) is 8.75. The molecular formula is C19H24FN3O3. The molecule has 0 radical (unpaired) electrons. The number of halogens is 1. The molecule has 2 aliphatic heterocycles. The second kappa shape index (κ2) is 7.45. The summed E-state index contributed by atoms with van der Waals surface area (Å²) in [6.45, 7) is 4.72. The first-order valence-corrected chi connectivity index (χ1v) is 8.75. The van der Waals surface area contributed by atoms with E-state index < -0.39 is 17.3 Å². The first-order chi connectivity index (χ1) is 12.5. The highest BCUT2D eigenvalue weighted by atomic mass is 19.1. The standard InChI is InChI=1S/C19H24FN3O3/c1-3-4-5-9-26-13-6-7-16(20)15(11-13)19-12-25-10-8-14(19)17(24)23(2)18(21)22-19/h3,6-7,11,14H,1,4-5,8-10,12H2,2H3,(H2,21,22). The van der Waals surface area contributed by atoms with Crippen molar-refractivity contribution in [3.63, 3.8) is 0 Å².